The lowest BCUT2D eigenvalue weighted by Crippen LogP contribution is -2.26. The number of para-hydroxylation sites is 1. The van der Waals surface area contributed by atoms with Crippen molar-refractivity contribution in [3.63, 3.8) is 0 Å². The van der Waals surface area contributed by atoms with Crippen molar-refractivity contribution < 1.29 is 31.5 Å². The van der Waals surface area contributed by atoms with Crippen molar-refractivity contribution in [2.45, 2.75) is 12.9 Å². The first kappa shape index (κ1) is 16.7. The molecule has 1 N–H and O–H groups in total. The molecule has 0 unspecified atom stereocenters. The number of nitrogens with one attached hydrogen (secondary N) is 1. The van der Waals surface area contributed by atoms with E-state index in [2.05, 4.69) is 10.1 Å². The van der Waals surface area contributed by atoms with Gasteiger partial charge in [-0.25, -0.2) is 8.78 Å². The lowest BCUT2D eigenvalue weighted by Gasteiger charge is -2.13. The van der Waals surface area contributed by atoms with E-state index in [0.717, 1.165) is 24.3 Å². The topological polar surface area (TPSA) is 38.3 Å². The second-order valence-corrected chi connectivity index (χ2v) is 4.43. The van der Waals surface area contributed by atoms with E-state index in [4.69, 9.17) is 0 Å². The monoisotopic (exact) mass is 331 g/mol. The standard InChI is InChI=1S/C15H10F5NO2/c16-10-5-3-6-11(17)13(10)14(22)21-8-9-4-1-2-7-12(9)23-15(18,19)20/h1-7H,8H2,(H,21,22). The highest BCUT2D eigenvalue weighted by Crippen LogP contribution is 2.26. The molecule has 2 aromatic carbocycles. The molecular weight excluding hydrogens is 321 g/mol. The summed E-state index contributed by atoms with van der Waals surface area (Å²) in [5.41, 5.74) is -0.795. The molecule has 23 heavy (non-hydrogen) atoms. The number of rotatable bonds is 4. The first-order valence-electron chi connectivity index (χ1n) is 6.34. The van der Waals surface area contributed by atoms with E-state index >= 15 is 0 Å². The fourth-order valence-electron chi connectivity index (χ4n) is 1.85. The summed E-state index contributed by atoms with van der Waals surface area (Å²) in [5, 5.41) is 2.16. The number of hydrogen-bond donors (Lipinski definition) is 1. The summed E-state index contributed by atoms with van der Waals surface area (Å²) in [4.78, 5) is 11.8. The van der Waals surface area contributed by atoms with Crippen molar-refractivity contribution in [2.75, 3.05) is 0 Å². The van der Waals surface area contributed by atoms with Crippen LogP contribution in [0.25, 0.3) is 0 Å². The molecule has 0 aromatic heterocycles. The Labute approximate surface area is 127 Å². The van der Waals surface area contributed by atoms with Crippen LogP contribution in [-0.4, -0.2) is 12.3 Å². The van der Waals surface area contributed by atoms with Crippen LogP contribution in [-0.2, 0) is 6.54 Å². The van der Waals surface area contributed by atoms with Gasteiger partial charge in [0, 0.05) is 12.1 Å². The molecule has 0 saturated carbocycles. The molecule has 122 valence electrons. The number of amides is 1. The van der Waals surface area contributed by atoms with Crippen molar-refractivity contribution in [1.82, 2.24) is 5.32 Å². The van der Waals surface area contributed by atoms with Crippen LogP contribution in [0.3, 0.4) is 0 Å². The Kier molecular flexibility index (Phi) is 4.83. The second kappa shape index (κ2) is 6.64. The quantitative estimate of drug-likeness (QED) is 0.866. The minimum absolute atomic E-state index is 0.00919. The van der Waals surface area contributed by atoms with Gasteiger partial charge in [-0.3, -0.25) is 4.79 Å². The third-order valence-electron chi connectivity index (χ3n) is 2.83. The molecule has 0 radical (unpaired) electrons. The summed E-state index contributed by atoms with van der Waals surface area (Å²) < 4.78 is 67.6. The van der Waals surface area contributed by atoms with Gasteiger partial charge in [-0.05, 0) is 18.2 Å². The summed E-state index contributed by atoms with van der Waals surface area (Å²) in [6.07, 6.45) is -4.89. The number of alkyl halides is 3. The maximum absolute atomic E-state index is 13.5. The number of ether oxygens (including phenoxy) is 1. The van der Waals surface area contributed by atoms with Crippen molar-refractivity contribution >= 4 is 5.91 Å². The van der Waals surface area contributed by atoms with E-state index < -0.39 is 41.8 Å². The van der Waals surface area contributed by atoms with Gasteiger partial charge in [-0.2, -0.15) is 0 Å². The summed E-state index contributed by atoms with van der Waals surface area (Å²) in [6, 6.07) is 8.01. The molecule has 2 rings (SSSR count). The third-order valence-corrected chi connectivity index (χ3v) is 2.83. The molecule has 0 fully saturated rings. The minimum Gasteiger partial charge on any atom is -0.405 e. The number of benzene rings is 2. The predicted octanol–water partition coefficient (Wildman–Crippen LogP) is 3.79. The molecule has 0 aliphatic heterocycles. The van der Waals surface area contributed by atoms with E-state index in [1.165, 1.54) is 18.2 Å². The molecular formula is C15H10F5NO2. The molecule has 0 saturated heterocycles. The van der Waals surface area contributed by atoms with Crippen LogP contribution < -0.4 is 10.1 Å². The highest BCUT2D eigenvalue weighted by molar-refractivity contribution is 5.94. The van der Waals surface area contributed by atoms with Gasteiger partial charge >= 0.3 is 6.36 Å². The molecule has 0 aliphatic carbocycles. The van der Waals surface area contributed by atoms with Crippen LogP contribution in [0.5, 0.6) is 5.75 Å². The lowest BCUT2D eigenvalue weighted by molar-refractivity contribution is -0.274. The smallest absolute Gasteiger partial charge is 0.405 e. The third kappa shape index (κ3) is 4.41. The normalized spacial score (nSPS) is 11.2. The Hall–Kier alpha value is -2.64. The summed E-state index contributed by atoms with van der Waals surface area (Å²) in [5.74, 6) is -3.72. The van der Waals surface area contributed by atoms with Crippen molar-refractivity contribution in [3.05, 3.63) is 65.2 Å². The summed E-state index contributed by atoms with van der Waals surface area (Å²) in [6.45, 7) is -0.390. The number of hydrogen-bond acceptors (Lipinski definition) is 2. The molecule has 0 atom stereocenters. The van der Waals surface area contributed by atoms with E-state index in [9.17, 15) is 26.7 Å². The molecule has 0 heterocycles. The second-order valence-electron chi connectivity index (χ2n) is 4.43. The zero-order chi connectivity index (χ0) is 17.0. The van der Waals surface area contributed by atoms with E-state index in [-0.39, 0.29) is 5.56 Å². The Morgan fingerprint density at radius 1 is 1.00 bits per heavy atom. The number of carbonyl (C=O) groups is 1. The Balaban J connectivity index is 2.14. The maximum Gasteiger partial charge on any atom is 0.573 e. The Morgan fingerprint density at radius 2 is 1.61 bits per heavy atom. The fourth-order valence-corrected chi connectivity index (χ4v) is 1.85. The lowest BCUT2D eigenvalue weighted by atomic mass is 10.1. The van der Waals surface area contributed by atoms with Gasteiger partial charge in [0.05, 0.1) is 0 Å². The van der Waals surface area contributed by atoms with E-state index in [0.29, 0.717) is 0 Å². The van der Waals surface area contributed by atoms with E-state index in [1.807, 2.05) is 0 Å². The van der Waals surface area contributed by atoms with Crippen LogP contribution in [0.1, 0.15) is 15.9 Å². The van der Waals surface area contributed by atoms with Crippen molar-refractivity contribution in [3.8, 4) is 5.75 Å². The molecule has 2 aromatic rings. The minimum atomic E-state index is -4.89. The molecule has 0 bridgehead atoms. The molecule has 1 amide bonds. The Bertz CT molecular complexity index is 695. The average Bonchev–Trinajstić information content (AvgIpc) is 2.44. The zero-order valence-corrected chi connectivity index (χ0v) is 11.5. The molecule has 0 spiro atoms. The van der Waals surface area contributed by atoms with E-state index in [1.54, 1.807) is 0 Å². The molecule has 0 aliphatic rings. The number of halogens is 5. The van der Waals surface area contributed by atoms with Crippen molar-refractivity contribution in [1.29, 1.82) is 0 Å². The van der Waals surface area contributed by atoms with Crippen LogP contribution in [0, 0.1) is 11.6 Å². The number of carbonyl (C=O) groups excluding carboxylic acids is 1. The first-order valence-corrected chi connectivity index (χ1v) is 6.34. The SMILES string of the molecule is O=C(NCc1ccccc1OC(F)(F)F)c1c(F)cccc1F. The highest BCUT2D eigenvalue weighted by atomic mass is 19.4. The average molecular weight is 331 g/mol. The molecule has 8 heteroatoms. The summed E-state index contributed by atoms with van der Waals surface area (Å²) >= 11 is 0. The Morgan fingerprint density at radius 3 is 2.22 bits per heavy atom. The van der Waals surface area contributed by atoms with Crippen LogP contribution in [0.2, 0.25) is 0 Å². The van der Waals surface area contributed by atoms with Gasteiger partial charge in [-0.15, -0.1) is 13.2 Å². The molecule has 3 nitrogen and oxygen atoms in total. The highest BCUT2D eigenvalue weighted by Gasteiger charge is 2.32. The van der Waals surface area contributed by atoms with Gasteiger partial charge in [-0.1, -0.05) is 24.3 Å². The first-order chi connectivity index (χ1) is 10.8. The van der Waals surface area contributed by atoms with Gasteiger partial charge in [0.15, 0.2) is 0 Å². The largest absolute Gasteiger partial charge is 0.573 e. The fraction of sp³-hybridized carbons (Fsp3) is 0.133. The van der Waals surface area contributed by atoms with Crippen molar-refractivity contribution in [2.24, 2.45) is 0 Å². The van der Waals surface area contributed by atoms with Gasteiger partial charge < -0.3 is 10.1 Å². The van der Waals surface area contributed by atoms with Gasteiger partial charge in [0.1, 0.15) is 22.9 Å². The van der Waals surface area contributed by atoms with Crippen LogP contribution >= 0.6 is 0 Å². The maximum atomic E-state index is 13.5. The van der Waals surface area contributed by atoms with Crippen LogP contribution in [0.15, 0.2) is 42.5 Å². The van der Waals surface area contributed by atoms with Gasteiger partial charge in [0.25, 0.3) is 5.91 Å². The summed E-state index contributed by atoms with van der Waals surface area (Å²) in [7, 11) is 0. The zero-order valence-electron chi connectivity index (χ0n) is 11.5. The van der Waals surface area contributed by atoms with Gasteiger partial charge in [0.2, 0.25) is 0 Å². The predicted molar refractivity (Wildman–Crippen MR) is 70.7 cm³/mol. The van der Waals surface area contributed by atoms with Crippen LogP contribution in [0.4, 0.5) is 22.0 Å².